The predicted octanol–water partition coefficient (Wildman–Crippen LogP) is 2.14. The average Bonchev–Trinajstić information content (AvgIpc) is 3.34. The standard InChI is InChI=1S/C20H23N5O3/c1-13(26)25-8-6-14(7-9-25)20-23-19(28-24-20)12-22-18(27)10-15-11-21-17-5-3-2-4-16(15)17/h2-5,11,14,21H,6-10,12H2,1H3,(H,22,27). The van der Waals surface area contributed by atoms with E-state index in [1.807, 2.05) is 35.4 Å². The number of likely N-dealkylation sites (tertiary alicyclic amines) is 1. The summed E-state index contributed by atoms with van der Waals surface area (Å²) in [5.74, 6) is 1.25. The van der Waals surface area contributed by atoms with Crippen LogP contribution in [-0.4, -0.2) is 44.9 Å². The van der Waals surface area contributed by atoms with Crippen molar-refractivity contribution >= 4 is 22.7 Å². The summed E-state index contributed by atoms with van der Waals surface area (Å²) in [5, 5.41) is 7.95. The number of H-pyrrole nitrogens is 1. The van der Waals surface area contributed by atoms with Crippen molar-refractivity contribution in [1.82, 2.24) is 25.3 Å². The molecule has 0 bridgehead atoms. The first-order chi connectivity index (χ1) is 13.6. The summed E-state index contributed by atoms with van der Waals surface area (Å²) in [5.41, 5.74) is 1.97. The second-order valence-electron chi connectivity index (χ2n) is 7.14. The Morgan fingerprint density at radius 3 is 2.86 bits per heavy atom. The number of carbonyl (C=O) groups is 2. The SMILES string of the molecule is CC(=O)N1CCC(c2noc(CNC(=O)Cc3c[nH]c4ccccc34)n2)CC1. The second kappa shape index (κ2) is 7.84. The molecule has 3 aromatic rings. The first-order valence-corrected chi connectivity index (χ1v) is 9.50. The summed E-state index contributed by atoms with van der Waals surface area (Å²) in [7, 11) is 0. The number of benzene rings is 1. The van der Waals surface area contributed by atoms with Crippen molar-refractivity contribution in [3.8, 4) is 0 Å². The number of fused-ring (bicyclic) bond motifs is 1. The van der Waals surface area contributed by atoms with Crippen LogP contribution in [0.2, 0.25) is 0 Å². The third-order valence-electron chi connectivity index (χ3n) is 5.25. The summed E-state index contributed by atoms with van der Waals surface area (Å²) in [6, 6.07) is 7.89. The quantitative estimate of drug-likeness (QED) is 0.705. The number of nitrogens with one attached hydrogen (secondary N) is 2. The van der Waals surface area contributed by atoms with E-state index < -0.39 is 0 Å². The van der Waals surface area contributed by atoms with Crippen molar-refractivity contribution < 1.29 is 14.1 Å². The molecule has 0 atom stereocenters. The van der Waals surface area contributed by atoms with Gasteiger partial charge in [0.1, 0.15) is 0 Å². The molecule has 0 radical (unpaired) electrons. The highest BCUT2D eigenvalue weighted by molar-refractivity contribution is 5.88. The molecule has 0 unspecified atom stereocenters. The van der Waals surface area contributed by atoms with Crippen LogP contribution in [0.4, 0.5) is 0 Å². The first-order valence-electron chi connectivity index (χ1n) is 9.50. The number of piperidine rings is 1. The van der Waals surface area contributed by atoms with E-state index >= 15 is 0 Å². The molecule has 2 amide bonds. The summed E-state index contributed by atoms with van der Waals surface area (Å²) in [6.07, 6.45) is 3.80. The van der Waals surface area contributed by atoms with Gasteiger partial charge in [-0.15, -0.1) is 0 Å². The van der Waals surface area contributed by atoms with Crippen molar-refractivity contribution in [2.24, 2.45) is 0 Å². The Labute approximate surface area is 162 Å². The van der Waals surface area contributed by atoms with Gasteiger partial charge in [0.05, 0.1) is 13.0 Å². The Bertz CT molecular complexity index is 985. The zero-order valence-electron chi connectivity index (χ0n) is 15.8. The Morgan fingerprint density at radius 1 is 1.29 bits per heavy atom. The molecular formula is C20H23N5O3. The van der Waals surface area contributed by atoms with Crippen LogP contribution < -0.4 is 5.32 Å². The normalized spacial score (nSPS) is 15.1. The van der Waals surface area contributed by atoms with Crippen LogP contribution in [0.25, 0.3) is 10.9 Å². The lowest BCUT2D eigenvalue weighted by molar-refractivity contribution is -0.129. The summed E-state index contributed by atoms with van der Waals surface area (Å²) >= 11 is 0. The van der Waals surface area contributed by atoms with Gasteiger partial charge in [0.2, 0.25) is 17.7 Å². The topological polar surface area (TPSA) is 104 Å². The van der Waals surface area contributed by atoms with Crippen LogP contribution in [0.5, 0.6) is 0 Å². The minimum absolute atomic E-state index is 0.0979. The fraction of sp³-hybridized carbons (Fsp3) is 0.400. The number of rotatable bonds is 5. The molecule has 1 saturated heterocycles. The van der Waals surface area contributed by atoms with Crippen LogP contribution in [0.15, 0.2) is 35.0 Å². The Kier molecular flexibility index (Phi) is 5.10. The number of nitrogens with zero attached hydrogens (tertiary/aromatic N) is 3. The first kappa shape index (κ1) is 18.2. The van der Waals surface area contributed by atoms with Crippen LogP contribution in [0.1, 0.15) is 43.0 Å². The van der Waals surface area contributed by atoms with E-state index in [1.54, 1.807) is 6.92 Å². The van der Waals surface area contributed by atoms with E-state index in [9.17, 15) is 9.59 Å². The molecule has 1 fully saturated rings. The van der Waals surface area contributed by atoms with Crippen LogP contribution >= 0.6 is 0 Å². The number of carbonyl (C=O) groups excluding carboxylic acids is 2. The Morgan fingerprint density at radius 2 is 2.07 bits per heavy atom. The average molecular weight is 381 g/mol. The third kappa shape index (κ3) is 3.90. The van der Waals surface area contributed by atoms with Gasteiger partial charge < -0.3 is 19.7 Å². The van der Waals surface area contributed by atoms with E-state index in [0.29, 0.717) is 24.8 Å². The molecule has 1 aliphatic rings. The number of aromatic amines is 1. The minimum Gasteiger partial charge on any atom is -0.361 e. The molecule has 1 aromatic carbocycles. The Hall–Kier alpha value is -3.16. The lowest BCUT2D eigenvalue weighted by Gasteiger charge is -2.29. The molecule has 8 nitrogen and oxygen atoms in total. The molecule has 146 valence electrons. The van der Waals surface area contributed by atoms with E-state index in [4.69, 9.17) is 4.52 Å². The highest BCUT2D eigenvalue weighted by atomic mass is 16.5. The lowest BCUT2D eigenvalue weighted by atomic mass is 9.96. The van der Waals surface area contributed by atoms with Crippen molar-refractivity contribution in [1.29, 1.82) is 0 Å². The molecule has 0 saturated carbocycles. The highest BCUT2D eigenvalue weighted by Crippen LogP contribution is 2.26. The van der Waals surface area contributed by atoms with E-state index in [0.717, 1.165) is 29.3 Å². The van der Waals surface area contributed by atoms with Gasteiger partial charge in [-0.2, -0.15) is 4.98 Å². The third-order valence-corrected chi connectivity index (χ3v) is 5.25. The predicted molar refractivity (Wildman–Crippen MR) is 102 cm³/mol. The molecule has 8 heteroatoms. The summed E-state index contributed by atoms with van der Waals surface area (Å²) < 4.78 is 5.29. The number of hydrogen-bond acceptors (Lipinski definition) is 5. The molecule has 2 aromatic heterocycles. The van der Waals surface area contributed by atoms with Crippen molar-refractivity contribution in [3.05, 3.63) is 47.7 Å². The fourth-order valence-corrected chi connectivity index (χ4v) is 3.65. The van der Waals surface area contributed by atoms with Crippen LogP contribution in [0.3, 0.4) is 0 Å². The zero-order chi connectivity index (χ0) is 19.5. The maximum Gasteiger partial charge on any atom is 0.246 e. The zero-order valence-corrected chi connectivity index (χ0v) is 15.8. The molecule has 0 aliphatic carbocycles. The van der Waals surface area contributed by atoms with E-state index in [-0.39, 0.29) is 30.7 Å². The number of aromatic nitrogens is 3. The molecule has 28 heavy (non-hydrogen) atoms. The molecular weight excluding hydrogens is 358 g/mol. The van der Waals surface area contributed by atoms with Crippen molar-refractivity contribution in [2.45, 2.75) is 38.6 Å². The highest BCUT2D eigenvalue weighted by Gasteiger charge is 2.25. The molecule has 4 rings (SSSR count). The summed E-state index contributed by atoms with van der Waals surface area (Å²) in [4.78, 5) is 33.1. The number of para-hydroxylation sites is 1. The van der Waals surface area contributed by atoms with Crippen LogP contribution in [0, 0.1) is 0 Å². The maximum atomic E-state index is 12.3. The van der Waals surface area contributed by atoms with Gasteiger partial charge in [-0.3, -0.25) is 9.59 Å². The smallest absolute Gasteiger partial charge is 0.246 e. The van der Waals surface area contributed by atoms with Gasteiger partial charge in [-0.05, 0) is 24.5 Å². The fourth-order valence-electron chi connectivity index (χ4n) is 3.65. The molecule has 2 N–H and O–H groups in total. The lowest BCUT2D eigenvalue weighted by Crippen LogP contribution is -2.36. The van der Waals surface area contributed by atoms with Gasteiger partial charge in [0.25, 0.3) is 0 Å². The minimum atomic E-state index is -0.0979. The second-order valence-corrected chi connectivity index (χ2v) is 7.14. The Balaban J connectivity index is 1.30. The monoisotopic (exact) mass is 381 g/mol. The van der Waals surface area contributed by atoms with Gasteiger partial charge in [0, 0.05) is 43.0 Å². The summed E-state index contributed by atoms with van der Waals surface area (Å²) in [6.45, 7) is 3.22. The van der Waals surface area contributed by atoms with Gasteiger partial charge in [-0.25, -0.2) is 0 Å². The largest absolute Gasteiger partial charge is 0.361 e. The van der Waals surface area contributed by atoms with Crippen LogP contribution in [-0.2, 0) is 22.6 Å². The van der Waals surface area contributed by atoms with Crippen molar-refractivity contribution in [3.63, 3.8) is 0 Å². The van der Waals surface area contributed by atoms with Crippen molar-refractivity contribution in [2.75, 3.05) is 13.1 Å². The van der Waals surface area contributed by atoms with Gasteiger partial charge >= 0.3 is 0 Å². The molecule has 1 aliphatic heterocycles. The maximum absolute atomic E-state index is 12.3. The van der Waals surface area contributed by atoms with Gasteiger partial charge in [0.15, 0.2) is 5.82 Å². The number of hydrogen-bond donors (Lipinski definition) is 2. The van der Waals surface area contributed by atoms with Gasteiger partial charge in [-0.1, -0.05) is 23.4 Å². The molecule has 3 heterocycles. The number of amides is 2. The van der Waals surface area contributed by atoms with E-state index in [2.05, 4.69) is 20.4 Å². The molecule has 0 spiro atoms. The van der Waals surface area contributed by atoms with E-state index in [1.165, 1.54) is 0 Å².